The fourth-order valence-corrected chi connectivity index (χ4v) is 1.47. The van der Waals surface area contributed by atoms with Crippen molar-refractivity contribution in [1.82, 2.24) is 5.32 Å². The van der Waals surface area contributed by atoms with Crippen LogP contribution >= 0.6 is 0 Å². The second-order valence-electron chi connectivity index (χ2n) is 4.31. The van der Waals surface area contributed by atoms with Gasteiger partial charge in [-0.15, -0.1) is 0 Å². The summed E-state index contributed by atoms with van der Waals surface area (Å²) in [6.45, 7) is 1.48. The maximum atomic E-state index is 11.7. The van der Waals surface area contributed by atoms with E-state index < -0.39 is 17.6 Å². The summed E-state index contributed by atoms with van der Waals surface area (Å²) in [5.41, 5.74) is 4.93. The molecular formula is C10H18N2O4. The molecule has 1 aliphatic rings. The van der Waals surface area contributed by atoms with Crippen LogP contribution in [0.1, 0.15) is 19.8 Å². The number of ether oxygens (including phenoxy) is 1. The molecule has 1 saturated carbocycles. The Morgan fingerprint density at radius 3 is 2.62 bits per heavy atom. The van der Waals surface area contributed by atoms with Crippen LogP contribution in [-0.4, -0.2) is 42.3 Å². The van der Waals surface area contributed by atoms with E-state index in [1.807, 2.05) is 0 Å². The molecule has 16 heavy (non-hydrogen) atoms. The Balaban J connectivity index is 2.37. The Kier molecular flexibility index (Phi) is 3.88. The van der Waals surface area contributed by atoms with Gasteiger partial charge in [-0.1, -0.05) is 0 Å². The zero-order valence-corrected chi connectivity index (χ0v) is 9.53. The largest absolute Gasteiger partial charge is 0.467 e. The quantitative estimate of drug-likeness (QED) is 0.513. The lowest BCUT2D eigenvalue weighted by molar-refractivity contribution is -0.150. The summed E-state index contributed by atoms with van der Waals surface area (Å²) in [4.78, 5) is 22.5. The van der Waals surface area contributed by atoms with E-state index in [2.05, 4.69) is 10.1 Å². The Labute approximate surface area is 94.1 Å². The van der Waals surface area contributed by atoms with Crippen LogP contribution in [0, 0.1) is 5.92 Å². The van der Waals surface area contributed by atoms with Crippen molar-refractivity contribution >= 4 is 11.9 Å². The number of aliphatic hydroxyl groups excluding tert-OH is 1. The van der Waals surface area contributed by atoms with Crippen LogP contribution in [-0.2, 0) is 14.3 Å². The van der Waals surface area contributed by atoms with E-state index in [4.69, 9.17) is 5.73 Å². The first kappa shape index (κ1) is 12.9. The number of aliphatic hydroxyl groups is 1. The lowest BCUT2D eigenvalue weighted by Crippen LogP contribution is -2.55. The first-order valence-electron chi connectivity index (χ1n) is 5.22. The fraction of sp³-hybridized carbons (Fsp3) is 0.800. The monoisotopic (exact) mass is 230 g/mol. The Morgan fingerprint density at radius 2 is 2.19 bits per heavy atom. The minimum Gasteiger partial charge on any atom is -0.467 e. The number of hydrogen-bond donors (Lipinski definition) is 3. The molecule has 0 saturated heterocycles. The number of nitrogens with one attached hydrogen (secondary N) is 1. The molecule has 6 heteroatoms. The van der Waals surface area contributed by atoms with Gasteiger partial charge >= 0.3 is 5.97 Å². The van der Waals surface area contributed by atoms with E-state index in [0.29, 0.717) is 0 Å². The maximum Gasteiger partial charge on any atom is 0.336 e. The predicted molar refractivity (Wildman–Crippen MR) is 56.3 cm³/mol. The van der Waals surface area contributed by atoms with Crippen molar-refractivity contribution in [3.63, 3.8) is 0 Å². The van der Waals surface area contributed by atoms with Gasteiger partial charge in [0.1, 0.15) is 0 Å². The molecule has 0 bridgehead atoms. The van der Waals surface area contributed by atoms with Gasteiger partial charge in [-0.25, -0.2) is 4.79 Å². The van der Waals surface area contributed by atoms with Crippen LogP contribution in [0.25, 0.3) is 0 Å². The summed E-state index contributed by atoms with van der Waals surface area (Å²) in [5, 5.41) is 11.7. The molecule has 1 rings (SSSR count). The highest BCUT2D eigenvalue weighted by atomic mass is 16.5. The minimum atomic E-state index is -1.34. The van der Waals surface area contributed by atoms with E-state index in [-0.39, 0.29) is 18.4 Å². The molecule has 0 heterocycles. The number of rotatable bonds is 5. The van der Waals surface area contributed by atoms with Crippen LogP contribution in [0.15, 0.2) is 0 Å². The van der Waals surface area contributed by atoms with Crippen LogP contribution in [0.4, 0.5) is 0 Å². The summed E-state index contributed by atoms with van der Waals surface area (Å²) in [6, 6.07) is 0. The number of esters is 1. The van der Waals surface area contributed by atoms with Crippen LogP contribution in [0.2, 0.25) is 0 Å². The van der Waals surface area contributed by atoms with E-state index in [9.17, 15) is 14.7 Å². The van der Waals surface area contributed by atoms with Crippen molar-refractivity contribution in [3.05, 3.63) is 0 Å². The normalized spacial score (nSPS) is 20.8. The van der Waals surface area contributed by atoms with Crippen molar-refractivity contribution in [2.45, 2.75) is 31.4 Å². The molecule has 1 aliphatic carbocycles. The fourth-order valence-electron chi connectivity index (χ4n) is 1.47. The number of carbonyl (C=O) groups is 2. The van der Waals surface area contributed by atoms with Gasteiger partial charge in [-0.05, 0) is 25.7 Å². The van der Waals surface area contributed by atoms with Crippen molar-refractivity contribution in [1.29, 1.82) is 0 Å². The van der Waals surface area contributed by atoms with Crippen LogP contribution in [0.5, 0.6) is 0 Å². The summed E-state index contributed by atoms with van der Waals surface area (Å²) in [6.07, 6.45) is 0.545. The summed E-state index contributed by atoms with van der Waals surface area (Å²) >= 11 is 0. The highest BCUT2D eigenvalue weighted by Crippen LogP contribution is 2.37. The first-order valence-corrected chi connectivity index (χ1v) is 5.22. The Bertz CT molecular complexity index is 287. The molecule has 1 amide bonds. The molecule has 0 aromatic heterocycles. The van der Waals surface area contributed by atoms with Gasteiger partial charge in [0, 0.05) is 0 Å². The van der Waals surface area contributed by atoms with Gasteiger partial charge in [0.05, 0.1) is 19.2 Å². The topological polar surface area (TPSA) is 102 Å². The summed E-state index contributed by atoms with van der Waals surface area (Å²) < 4.78 is 4.32. The van der Waals surface area contributed by atoms with E-state index in [1.54, 1.807) is 6.92 Å². The third-order valence-corrected chi connectivity index (χ3v) is 2.84. The molecule has 0 aliphatic heterocycles. The van der Waals surface area contributed by atoms with Gasteiger partial charge in [0.25, 0.3) is 0 Å². The third-order valence-electron chi connectivity index (χ3n) is 2.84. The predicted octanol–water partition coefficient (Wildman–Crippen LogP) is -1.24. The Morgan fingerprint density at radius 1 is 1.62 bits per heavy atom. The first-order chi connectivity index (χ1) is 7.39. The van der Waals surface area contributed by atoms with Gasteiger partial charge in [-0.3, -0.25) is 4.79 Å². The number of methoxy groups -OCH3 is 1. The highest BCUT2D eigenvalue weighted by molar-refractivity contribution is 5.87. The van der Waals surface area contributed by atoms with Crippen molar-refractivity contribution in [2.75, 3.05) is 13.7 Å². The molecule has 0 aromatic rings. The smallest absolute Gasteiger partial charge is 0.336 e. The highest BCUT2D eigenvalue weighted by Gasteiger charge is 2.44. The third kappa shape index (κ3) is 2.93. The van der Waals surface area contributed by atoms with Crippen LogP contribution in [0.3, 0.4) is 0 Å². The molecule has 0 aromatic carbocycles. The SMILES string of the molecule is COC(=O)C(O)CNC(=O)C(C)(N)C1CC1. The summed E-state index contributed by atoms with van der Waals surface area (Å²) in [5.74, 6) is -0.925. The number of amides is 1. The lowest BCUT2D eigenvalue weighted by atomic mass is 9.96. The van der Waals surface area contributed by atoms with Gasteiger partial charge < -0.3 is 20.9 Å². The standard InChI is InChI=1S/C10H18N2O4/c1-10(11,6-3-4-6)9(15)12-5-7(13)8(14)16-2/h6-7,13H,3-5,11H2,1-2H3,(H,12,15). The molecule has 2 unspecified atom stereocenters. The maximum absolute atomic E-state index is 11.7. The molecule has 6 nitrogen and oxygen atoms in total. The molecule has 1 fully saturated rings. The second kappa shape index (κ2) is 4.80. The van der Waals surface area contributed by atoms with Gasteiger partial charge in [-0.2, -0.15) is 0 Å². The molecular weight excluding hydrogens is 212 g/mol. The van der Waals surface area contributed by atoms with Crippen LogP contribution < -0.4 is 11.1 Å². The average molecular weight is 230 g/mol. The molecule has 0 spiro atoms. The summed E-state index contributed by atoms with van der Waals surface area (Å²) in [7, 11) is 1.17. The molecule has 2 atom stereocenters. The molecule has 0 radical (unpaired) electrons. The lowest BCUT2D eigenvalue weighted by Gasteiger charge is -2.23. The number of carbonyl (C=O) groups excluding carboxylic acids is 2. The number of nitrogens with two attached hydrogens (primary N) is 1. The molecule has 92 valence electrons. The minimum absolute atomic E-state index is 0.176. The second-order valence-corrected chi connectivity index (χ2v) is 4.31. The number of hydrogen-bond acceptors (Lipinski definition) is 5. The average Bonchev–Trinajstić information content (AvgIpc) is 3.07. The van der Waals surface area contributed by atoms with Gasteiger partial charge in [0.15, 0.2) is 6.10 Å². The van der Waals surface area contributed by atoms with E-state index in [1.165, 1.54) is 7.11 Å². The van der Waals surface area contributed by atoms with Crippen molar-refractivity contribution in [3.8, 4) is 0 Å². The van der Waals surface area contributed by atoms with E-state index in [0.717, 1.165) is 12.8 Å². The molecule has 4 N–H and O–H groups in total. The Hall–Kier alpha value is -1.14. The van der Waals surface area contributed by atoms with E-state index >= 15 is 0 Å². The van der Waals surface area contributed by atoms with Crippen molar-refractivity contribution < 1.29 is 19.4 Å². The zero-order valence-electron chi connectivity index (χ0n) is 9.53. The van der Waals surface area contributed by atoms with Gasteiger partial charge in [0.2, 0.25) is 5.91 Å². The van der Waals surface area contributed by atoms with Crippen molar-refractivity contribution in [2.24, 2.45) is 11.7 Å². The zero-order chi connectivity index (χ0) is 12.3.